The fourth-order valence-electron chi connectivity index (χ4n) is 2.34. The van der Waals surface area contributed by atoms with Crippen LogP contribution in [0.1, 0.15) is 5.56 Å². The molecule has 0 bridgehead atoms. The number of ether oxygens (including phenoxy) is 1. The van der Waals surface area contributed by atoms with Gasteiger partial charge >= 0.3 is 6.18 Å². The Kier molecular flexibility index (Phi) is 5.78. The quantitative estimate of drug-likeness (QED) is 0.528. The first kappa shape index (κ1) is 20.7. The van der Waals surface area contributed by atoms with Crippen LogP contribution in [0.3, 0.4) is 0 Å². The average molecular weight is 452 g/mol. The van der Waals surface area contributed by atoms with Crippen LogP contribution in [-0.2, 0) is 16.0 Å². The van der Waals surface area contributed by atoms with E-state index in [1.54, 1.807) is 12.1 Å². The third-order valence-electron chi connectivity index (χ3n) is 3.74. The first-order valence-corrected chi connectivity index (χ1v) is 10.7. The zero-order valence-corrected chi connectivity index (χ0v) is 16.7. The second kappa shape index (κ2) is 7.80. The number of rotatable bonds is 6. The first-order chi connectivity index (χ1) is 13.1. The van der Waals surface area contributed by atoms with Crippen LogP contribution in [0.25, 0.3) is 5.65 Å². The molecule has 0 saturated carbocycles. The molecule has 6 nitrogen and oxygen atoms in total. The van der Waals surface area contributed by atoms with E-state index >= 15 is 0 Å². The molecule has 0 N–H and O–H groups in total. The van der Waals surface area contributed by atoms with Gasteiger partial charge in [0.1, 0.15) is 5.75 Å². The van der Waals surface area contributed by atoms with Gasteiger partial charge in [0, 0.05) is 11.9 Å². The zero-order chi connectivity index (χ0) is 20.5. The summed E-state index contributed by atoms with van der Waals surface area (Å²) in [4.78, 5) is 0.0981. The Bertz CT molecular complexity index is 1120. The van der Waals surface area contributed by atoms with Gasteiger partial charge in [0.05, 0.1) is 28.3 Å². The minimum atomic E-state index is -4.58. The SMILES string of the molecule is COc1cccc(S(=O)(=O)CCSc2nnc3c(Cl)cc(C(F)(F)F)cn23)c1. The molecule has 0 radical (unpaired) electrons. The van der Waals surface area contributed by atoms with Crippen LogP contribution in [0.5, 0.6) is 5.75 Å². The van der Waals surface area contributed by atoms with Crippen molar-refractivity contribution in [2.24, 2.45) is 0 Å². The number of alkyl halides is 3. The summed E-state index contributed by atoms with van der Waals surface area (Å²) < 4.78 is 70.0. The Morgan fingerprint density at radius 1 is 1.25 bits per heavy atom. The molecule has 12 heteroatoms. The lowest BCUT2D eigenvalue weighted by Gasteiger charge is -2.09. The molecule has 0 aliphatic heterocycles. The predicted octanol–water partition coefficient (Wildman–Crippen LogP) is 3.98. The molecule has 1 aromatic carbocycles. The lowest BCUT2D eigenvalue weighted by Crippen LogP contribution is -2.09. The van der Waals surface area contributed by atoms with Crippen molar-refractivity contribution in [3.05, 3.63) is 47.1 Å². The van der Waals surface area contributed by atoms with Crippen LogP contribution < -0.4 is 4.74 Å². The predicted molar refractivity (Wildman–Crippen MR) is 98.8 cm³/mol. The van der Waals surface area contributed by atoms with Crippen molar-refractivity contribution in [1.29, 1.82) is 0 Å². The maximum atomic E-state index is 13.0. The van der Waals surface area contributed by atoms with Crippen molar-refractivity contribution < 1.29 is 26.3 Å². The van der Waals surface area contributed by atoms with Gasteiger partial charge in [0.15, 0.2) is 20.6 Å². The maximum Gasteiger partial charge on any atom is 0.417 e. The van der Waals surface area contributed by atoms with E-state index < -0.39 is 21.6 Å². The van der Waals surface area contributed by atoms with Gasteiger partial charge in [-0.3, -0.25) is 4.40 Å². The number of pyridine rings is 1. The minimum Gasteiger partial charge on any atom is -0.497 e. The van der Waals surface area contributed by atoms with Gasteiger partial charge in [-0.1, -0.05) is 29.4 Å². The second-order valence-corrected chi connectivity index (χ2v) is 9.18. The van der Waals surface area contributed by atoms with Gasteiger partial charge in [-0.05, 0) is 24.3 Å². The Labute approximate surface area is 167 Å². The van der Waals surface area contributed by atoms with E-state index in [1.807, 2.05) is 0 Å². The molecule has 0 saturated heterocycles. The molecule has 2 heterocycles. The van der Waals surface area contributed by atoms with E-state index in [0.29, 0.717) is 5.75 Å². The molecule has 0 aliphatic carbocycles. The highest BCUT2D eigenvalue weighted by Gasteiger charge is 2.32. The topological polar surface area (TPSA) is 73.6 Å². The van der Waals surface area contributed by atoms with Crippen LogP contribution in [-0.4, -0.2) is 41.6 Å². The maximum absolute atomic E-state index is 13.0. The smallest absolute Gasteiger partial charge is 0.417 e. The van der Waals surface area contributed by atoms with Crippen molar-refractivity contribution >= 4 is 38.8 Å². The molecule has 3 rings (SSSR count). The molecule has 0 atom stereocenters. The number of sulfone groups is 1. The summed E-state index contributed by atoms with van der Waals surface area (Å²) >= 11 is 6.83. The van der Waals surface area contributed by atoms with Crippen LogP contribution in [0.15, 0.2) is 46.6 Å². The minimum absolute atomic E-state index is 0.0628. The molecule has 0 aliphatic rings. The van der Waals surface area contributed by atoms with Crippen molar-refractivity contribution in [2.45, 2.75) is 16.2 Å². The van der Waals surface area contributed by atoms with E-state index in [1.165, 1.54) is 19.2 Å². The van der Waals surface area contributed by atoms with Gasteiger partial charge < -0.3 is 4.74 Å². The normalized spacial score (nSPS) is 12.5. The number of hydrogen-bond donors (Lipinski definition) is 0. The third-order valence-corrected chi connectivity index (χ3v) is 6.93. The molecule has 2 aromatic heterocycles. The molecular formula is C16H13ClF3N3O3S2. The lowest BCUT2D eigenvalue weighted by atomic mass is 10.3. The van der Waals surface area contributed by atoms with E-state index in [2.05, 4.69) is 10.2 Å². The standard InChI is InChI=1S/C16H13ClF3N3O3S2/c1-26-11-3-2-4-12(8-11)28(24,25)6-5-27-15-22-21-14-13(17)7-10(9-23(14)15)16(18,19)20/h2-4,7-9H,5-6H2,1H3. The Balaban J connectivity index is 1.79. The summed E-state index contributed by atoms with van der Waals surface area (Å²) in [7, 11) is -2.17. The molecule has 150 valence electrons. The molecule has 0 amide bonds. The molecule has 0 fully saturated rings. The van der Waals surface area contributed by atoms with Gasteiger partial charge in [0.2, 0.25) is 0 Å². The van der Waals surface area contributed by atoms with Crippen LogP contribution in [0, 0.1) is 0 Å². The van der Waals surface area contributed by atoms with Gasteiger partial charge in [-0.15, -0.1) is 10.2 Å². The summed E-state index contributed by atoms with van der Waals surface area (Å²) in [6.45, 7) is 0. The fraction of sp³-hybridized carbons (Fsp3) is 0.250. The highest BCUT2D eigenvalue weighted by atomic mass is 35.5. The molecule has 0 unspecified atom stereocenters. The average Bonchev–Trinajstić information content (AvgIpc) is 3.04. The summed E-state index contributed by atoms with van der Waals surface area (Å²) in [5.74, 6) is 0.229. The first-order valence-electron chi connectivity index (χ1n) is 7.73. The van der Waals surface area contributed by atoms with Gasteiger partial charge in [-0.2, -0.15) is 13.2 Å². The lowest BCUT2D eigenvalue weighted by molar-refractivity contribution is -0.137. The highest BCUT2D eigenvalue weighted by Crippen LogP contribution is 2.33. The van der Waals surface area contributed by atoms with E-state index in [0.717, 1.165) is 28.4 Å². The van der Waals surface area contributed by atoms with Crippen LogP contribution >= 0.6 is 23.4 Å². The largest absolute Gasteiger partial charge is 0.497 e. The van der Waals surface area contributed by atoms with E-state index in [-0.39, 0.29) is 32.2 Å². The van der Waals surface area contributed by atoms with Crippen LogP contribution in [0.2, 0.25) is 5.02 Å². The number of aromatic nitrogens is 3. The number of methoxy groups -OCH3 is 1. The Hall–Kier alpha value is -1.98. The number of halogens is 4. The van der Waals surface area contributed by atoms with Crippen molar-refractivity contribution in [3.63, 3.8) is 0 Å². The second-order valence-electron chi connectivity index (χ2n) is 5.60. The third kappa shape index (κ3) is 4.36. The molecular weight excluding hydrogens is 439 g/mol. The fourth-order valence-corrected chi connectivity index (χ4v) is 5.18. The molecule has 0 spiro atoms. The van der Waals surface area contributed by atoms with Gasteiger partial charge in [0.25, 0.3) is 0 Å². The summed E-state index contributed by atoms with van der Waals surface area (Å²) in [5.41, 5.74) is -0.886. The summed E-state index contributed by atoms with van der Waals surface area (Å²) in [5, 5.41) is 7.49. The molecule has 28 heavy (non-hydrogen) atoms. The number of benzene rings is 1. The Morgan fingerprint density at radius 3 is 2.68 bits per heavy atom. The van der Waals surface area contributed by atoms with E-state index in [4.69, 9.17) is 16.3 Å². The summed E-state index contributed by atoms with van der Waals surface area (Å²) in [6, 6.07) is 6.81. The number of nitrogens with zero attached hydrogens (tertiary/aromatic N) is 3. The van der Waals surface area contributed by atoms with Crippen molar-refractivity contribution in [3.8, 4) is 5.75 Å². The molecule has 3 aromatic rings. The van der Waals surface area contributed by atoms with Crippen molar-refractivity contribution in [1.82, 2.24) is 14.6 Å². The number of thioether (sulfide) groups is 1. The van der Waals surface area contributed by atoms with Crippen molar-refractivity contribution in [2.75, 3.05) is 18.6 Å². The zero-order valence-electron chi connectivity index (χ0n) is 14.3. The number of hydrogen-bond acceptors (Lipinski definition) is 6. The van der Waals surface area contributed by atoms with E-state index in [9.17, 15) is 21.6 Å². The van der Waals surface area contributed by atoms with Crippen LogP contribution in [0.4, 0.5) is 13.2 Å². The number of fused-ring (bicyclic) bond motifs is 1. The Morgan fingerprint density at radius 2 is 2.00 bits per heavy atom. The monoisotopic (exact) mass is 451 g/mol. The van der Waals surface area contributed by atoms with Gasteiger partial charge in [-0.25, -0.2) is 8.42 Å². The highest BCUT2D eigenvalue weighted by molar-refractivity contribution is 8.00. The summed E-state index contributed by atoms with van der Waals surface area (Å²) in [6.07, 6.45) is -3.75.